The Morgan fingerprint density at radius 3 is 2.21 bits per heavy atom. The van der Waals surface area contributed by atoms with Gasteiger partial charge in [0.05, 0.1) is 12.0 Å². The maximum absolute atomic E-state index is 4.45. The van der Waals surface area contributed by atoms with Gasteiger partial charge in [-0.15, -0.1) is 0 Å². The van der Waals surface area contributed by atoms with Crippen molar-refractivity contribution in [3.05, 3.63) is 96.2 Å². The topological polar surface area (TPSA) is 43.6 Å². The first-order valence-electron chi connectivity index (χ1n) is 9.75. The summed E-state index contributed by atoms with van der Waals surface area (Å²) in [7, 11) is 1.96. The van der Waals surface area contributed by atoms with E-state index in [0.29, 0.717) is 0 Å². The van der Waals surface area contributed by atoms with Gasteiger partial charge in [0, 0.05) is 7.05 Å². The Balaban J connectivity index is 1.43. The molecule has 0 saturated carbocycles. The third-order valence-electron chi connectivity index (χ3n) is 4.96. The molecule has 4 aromatic rings. The lowest BCUT2D eigenvalue weighted by Crippen LogP contribution is -1.96. The van der Waals surface area contributed by atoms with Gasteiger partial charge in [-0.05, 0) is 42.4 Å². The first-order chi connectivity index (χ1) is 13.8. The number of benzene rings is 2. The van der Waals surface area contributed by atoms with Gasteiger partial charge in [0.1, 0.15) is 11.8 Å². The highest BCUT2D eigenvalue weighted by Gasteiger charge is 2.08. The highest BCUT2D eigenvalue weighted by atomic mass is 15.1. The van der Waals surface area contributed by atoms with Gasteiger partial charge in [-0.1, -0.05) is 66.7 Å². The van der Waals surface area contributed by atoms with Gasteiger partial charge in [-0.2, -0.15) is 0 Å². The zero-order valence-corrected chi connectivity index (χ0v) is 16.1. The molecule has 0 radical (unpaired) electrons. The van der Waals surface area contributed by atoms with Crippen LogP contribution in [0.5, 0.6) is 0 Å². The number of fused-ring (bicyclic) bond motifs is 1. The lowest BCUT2D eigenvalue weighted by molar-refractivity contribution is 0.736. The Morgan fingerprint density at radius 2 is 1.54 bits per heavy atom. The molecule has 0 atom stereocenters. The first-order valence-corrected chi connectivity index (χ1v) is 9.75. The third kappa shape index (κ3) is 4.01. The van der Waals surface area contributed by atoms with Gasteiger partial charge >= 0.3 is 0 Å². The number of rotatable bonds is 7. The SMILES string of the molecule is Cn1cnc2c(CCCCC=C(c3ccccc3)c3ccccc3)ncnc21. The zero-order chi connectivity index (χ0) is 19.2. The van der Waals surface area contributed by atoms with E-state index >= 15 is 0 Å². The van der Waals surface area contributed by atoms with Gasteiger partial charge in [0.25, 0.3) is 0 Å². The molecule has 0 fully saturated rings. The molecule has 4 heteroatoms. The summed E-state index contributed by atoms with van der Waals surface area (Å²) in [4.78, 5) is 13.2. The number of hydrogen-bond acceptors (Lipinski definition) is 3. The van der Waals surface area contributed by atoms with Crippen molar-refractivity contribution in [1.82, 2.24) is 19.5 Å². The minimum Gasteiger partial charge on any atom is -0.318 e. The third-order valence-corrected chi connectivity index (χ3v) is 4.96. The fourth-order valence-corrected chi connectivity index (χ4v) is 3.50. The van der Waals surface area contributed by atoms with E-state index in [1.165, 1.54) is 16.7 Å². The van der Waals surface area contributed by atoms with Crippen LogP contribution in [0, 0.1) is 0 Å². The summed E-state index contributed by atoms with van der Waals surface area (Å²) in [5.74, 6) is 0. The van der Waals surface area contributed by atoms with E-state index in [2.05, 4.69) is 81.7 Å². The van der Waals surface area contributed by atoms with Crippen molar-refractivity contribution in [3.63, 3.8) is 0 Å². The second-order valence-corrected chi connectivity index (χ2v) is 6.94. The lowest BCUT2D eigenvalue weighted by Gasteiger charge is -2.09. The van der Waals surface area contributed by atoms with E-state index in [1.54, 1.807) is 12.7 Å². The normalized spacial score (nSPS) is 10.9. The predicted molar refractivity (Wildman–Crippen MR) is 114 cm³/mol. The van der Waals surface area contributed by atoms with Crippen LogP contribution in [-0.4, -0.2) is 19.5 Å². The van der Waals surface area contributed by atoms with Crippen molar-refractivity contribution in [2.24, 2.45) is 7.05 Å². The van der Waals surface area contributed by atoms with Gasteiger partial charge in [-0.3, -0.25) is 0 Å². The molecule has 0 unspecified atom stereocenters. The van der Waals surface area contributed by atoms with Gasteiger partial charge in [0.2, 0.25) is 0 Å². The first kappa shape index (κ1) is 18.1. The lowest BCUT2D eigenvalue weighted by atomic mass is 9.96. The number of nitrogens with zero attached hydrogens (tertiary/aromatic N) is 4. The Hall–Kier alpha value is -3.27. The molecule has 0 aliphatic heterocycles. The summed E-state index contributed by atoms with van der Waals surface area (Å²) in [5.41, 5.74) is 6.70. The van der Waals surface area contributed by atoms with Crippen molar-refractivity contribution in [3.8, 4) is 0 Å². The molecule has 2 aromatic heterocycles. The van der Waals surface area contributed by atoms with Gasteiger partial charge < -0.3 is 4.57 Å². The molecule has 4 rings (SSSR count). The number of allylic oxidation sites excluding steroid dienone is 1. The highest BCUT2D eigenvalue weighted by Crippen LogP contribution is 2.24. The van der Waals surface area contributed by atoms with E-state index < -0.39 is 0 Å². The molecule has 0 N–H and O–H groups in total. The van der Waals surface area contributed by atoms with E-state index in [4.69, 9.17) is 0 Å². The predicted octanol–water partition coefficient (Wildman–Crippen LogP) is 5.21. The smallest absolute Gasteiger partial charge is 0.163 e. The van der Waals surface area contributed by atoms with Crippen molar-refractivity contribution in [1.29, 1.82) is 0 Å². The highest BCUT2D eigenvalue weighted by molar-refractivity contribution is 5.79. The number of imidazole rings is 1. The van der Waals surface area contributed by atoms with E-state index in [0.717, 1.165) is 42.5 Å². The van der Waals surface area contributed by atoms with Crippen LogP contribution in [0.4, 0.5) is 0 Å². The summed E-state index contributed by atoms with van der Waals surface area (Å²) in [5, 5.41) is 0. The molecule has 0 aliphatic rings. The average Bonchev–Trinajstić information content (AvgIpc) is 3.14. The molecular weight excluding hydrogens is 344 g/mol. The molecule has 0 aliphatic carbocycles. The van der Waals surface area contributed by atoms with E-state index in [-0.39, 0.29) is 0 Å². The summed E-state index contributed by atoms with van der Waals surface area (Å²) in [6.45, 7) is 0. The molecule has 0 amide bonds. The average molecular weight is 368 g/mol. The Morgan fingerprint density at radius 1 is 0.857 bits per heavy atom. The number of unbranched alkanes of at least 4 members (excludes halogenated alkanes) is 2. The molecule has 28 heavy (non-hydrogen) atoms. The van der Waals surface area contributed by atoms with Crippen molar-refractivity contribution < 1.29 is 0 Å². The second kappa shape index (κ2) is 8.61. The van der Waals surface area contributed by atoms with Crippen LogP contribution in [0.2, 0.25) is 0 Å². The van der Waals surface area contributed by atoms with Crippen molar-refractivity contribution in [2.45, 2.75) is 25.7 Å². The number of hydrogen-bond donors (Lipinski definition) is 0. The Labute approximate surface area is 165 Å². The maximum Gasteiger partial charge on any atom is 0.163 e. The molecule has 2 aromatic carbocycles. The Bertz CT molecular complexity index is 1020. The molecule has 140 valence electrons. The summed E-state index contributed by atoms with van der Waals surface area (Å²) >= 11 is 0. The van der Waals surface area contributed by atoms with Crippen LogP contribution in [0.3, 0.4) is 0 Å². The quantitative estimate of drug-likeness (QED) is 0.421. The Kier molecular flexibility index (Phi) is 5.57. The fraction of sp³-hybridized carbons (Fsp3) is 0.208. The monoisotopic (exact) mass is 368 g/mol. The standard InChI is InChI=1S/C24H24N4/c1-28-18-27-23-22(25-17-26-24(23)28)16-10-4-9-15-21(19-11-5-2-6-12-19)20-13-7-3-8-14-20/h2-3,5-8,11-15,17-18H,4,9-10,16H2,1H3. The van der Waals surface area contributed by atoms with Gasteiger partial charge in [0.15, 0.2) is 5.65 Å². The van der Waals surface area contributed by atoms with Gasteiger partial charge in [-0.25, -0.2) is 15.0 Å². The fourth-order valence-electron chi connectivity index (χ4n) is 3.50. The second-order valence-electron chi connectivity index (χ2n) is 6.94. The van der Waals surface area contributed by atoms with Crippen molar-refractivity contribution in [2.75, 3.05) is 0 Å². The maximum atomic E-state index is 4.45. The zero-order valence-electron chi connectivity index (χ0n) is 16.1. The molecular formula is C24H24N4. The summed E-state index contributed by atoms with van der Waals surface area (Å²) in [6, 6.07) is 21.2. The molecule has 4 nitrogen and oxygen atoms in total. The van der Waals surface area contributed by atoms with Crippen LogP contribution >= 0.6 is 0 Å². The summed E-state index contributed by atoms with van der Waals surface area (Å²) in [6.07, 6.45) is 9.96. The minimum atomic E-state index is 0.903. The van der Waals surface area contributed by atoms with Crippen LogP contribution in [0.25, 0.3) is 16.7 Å². The van der Waals surface area contributed by atoms with Crippen LogP contribution in [0.15, 0.2) is 79.4 Å². The summed E-state index contributed by atoms with van der Waals surface area (Å²) < 4.78 is 1.94. The van der Waals surface area contributed by atoms with Crippen LogP contribution < -0.4 is 0 Å². The molecule has 2 heterocycles. The van der Waals surface area contributed by atoms with Crippen molar-refractivity contribution >= 4 is 16.7 Å². The van der Waals surface area contributed by atoms with E-state index in [1.807, 2.05) is 11.6 Å². The van der Waals surface area contributed by atoms with Crippen LogP contribution in [0.1, 0.15) is 36.1 Å². The largest absolute Gasteiger partial charge is 0.318 e. The molecule has 0 bridgehead atoms. The molecule has 0 saturated heterocycles. The minimum absolute atomic E-state index is 0.903. The number of aryl methyl sites for hydroxylation is 2. The van der Waals surface area contributed by atoms with E-state index in [9.17, 15) is 0 Å². The number of aromatic nitrogens is 4. The molecule has 0 spiro atoms. The van der Waals surface area contributed by atoms with Crippen LogP contribution in [-0.2, 0) is 13.5 Å².